The van der Waals surface area contributed by atoms with Crippen LogP contribution in [0.5, 0.6) is 5.75 Å². The van der Waals surface area contributed by atoms with Gasteiger partial charge < -0.3 is 20.1 Å². The average molecular weight is 307 g/mol. The summed E-state index contributed by atoms with van der Waals surface area (Å²) in [6.07, 6.45) is 0. The first-order chi connectivity index (χ1) is 10.5. The molecule has 0 bridgehead atoms. The highest BCUT2D eigenvalue weighted by molar-refractivity contribution is 5.96. The van der Waals surface area contributed by atoms with Gasteiger partial charge in [0.1, 0.15) is 5.75 Å². The predicted octanol–water partition coefficient (Wildman–Crippen LogP) is 0.365. The van der Waals surface area contributed by atoms with Crippen molar-refractivity contribution in [1.82, 2.24) is 9.80 Å². The number of phenols is 1. The van der Waals surface area contributed by atoms with Gasteiger partial charge >= 0.3 is 5.97 Å². The van der Waals surface area contributed by atoms with E-state index in [0.29, 0.717) is 0 Å². The van der Waals surface area contributed by atoms with Gasteiger partial charge in [0.05, 0.1) is 24.9 Å². The topological polar surface area (TPSA) is 82.1 Å². The first kappa shape index (κ1) is 16.3. The number of esters is 1. The van der Waals surface area contributed by atoms with Gasteiger partial charge in [-0.2, -0.15) is 0 Å². The van der Waals surface area contributed by atoms with Crippen LogP contribution in [-0.2, 0) is 9.53 Å². The summed E-state index contributed by atoms with van der Waals surface area (Å²) >= 11 is 0. The molecule has 22 heavy (non-hydrogen) atoms. The monoisotopic (exact) mass is 307 g/mol. The van der Waals surface area contributed by atoms with Gasteiger partial charge in [-0.1, -0.05) is 0 Å². The number of aromatic hydroxyl groups is 1. The summed E-state index contributed by atoms with van der Waals surface area (Å²) in [7, 11) is 3.33. The molecule has 7 heteroatoms. The second-order valence-corrected chi connectivity index (χ2v) is 5.35. The van der Waals surface area contributed by atoms with Crippen LogP contribution in [0, 0.1) is 0 Å². The number of amides is 1. The molecule has 7 nitrogen and oxygen atoms in total. The average Bonchev–Trinajstić information content (AvgIpc) is 2.51. The van der Waals surface area contributed by atoms with Gasteiger partial charge in [-0.05, 0) is 25.2 Å². The third kappa shape index (κ3) is 4.19. The van der Waals surface area contributed by atoms with Crippen molar-refractivity contribution >= 4 is 17.6 Å². The molecular weight excluding hydrogens is 286 g/mol. The Hall–Kier alpha value is -2.12. The summed E-state index contributed by atoms with van der Waals surface area (Å²) in [4.78, 5) is 27.8. The lowest BCUT2D eigenvalue weighted by molar-refractivity contribution is -0.117. The summed E-state index contributed by atoms with van der Waals surface area (Å²) in [6.45, 7) is 3.78. The molecule has 120 valence electrons. The van der Waals surface area contributed by atoms with E-state index in [1.807, 2.05) is 7.05 Å². The van der Waals surface area contributed by atoms with Crippen molar-refractivity contribution in [2.75, 3.05) is 52.2 Å². The quantitative estimate of drug-likeness (QED) is 0.617. The number of piperazine rings is 1. The zero-order valence-electron chi connectivity index (χ0n) is 12.8. The van der Waals surface area contributed by atoms with Gasteiger partial charge in [-0.25, -0.2) is 4.79 Å². The van der Waals surface area contributed by atoms with E-state index < -0.39 is 5.97 Å². The van der Waals surface area contributed by atoms with Crippen molar-refractivity contribution in [2.45, 2.75) is 0 Å². The van der Waals surface area contributed by atoms with Crippen LogP contribution >= 0.6 is 0 Å². The van der Waals surface area contributed by atoms with Crippen molar-refractivity contribution in [3.05, 3.63) is 23.8 Å². The summed E-state index contributed by atoms with van der Waals surface area (Å²) < 4.78 is 4.62. The minimum absolute atomic E-state index is 0.0839. The number of hydrogen-bond acceptors (Lipinski definition) is 6. The number of ether oxygens (including phenoxy) is 1. The standard InChI is InChI=1S/C15H21N3O4/c1-17-5-7-18(8-6-17)10-14(20)16-12-9-11(15(21)22-2)3-4-13(12)19/h3-4,9,19H,5-8,10H2,1-2H3,(H,16,20). The van der Waals surface area contributed by atoms with Crippen molar-refractivity contribution in [2.24, 2.45) is 0 Å². The molecule has 0 saturated carbocycles. The first-order valence-electron chi connectivity index (χ1n) is 7.11. The third-order valence-electron chi connectivity index (χ3n) is 3.65. The maximum Gasteiger partial charge on any atom is 0.337 e. The maximum atomic E-state index is 12.1. The van der Waals surface area contributed by atoms with E-state index in [-0.39, 0.29) is 29.5 Å². The minimum Gasteiger partial charge on any atom is -0.506 e. The lowest BCUT2D eigenvalue weighted by Crippen LogP contribution is -2.47. The normalized spacial score (nSPS) is 16.3. The first-order valence-corrected chi connectivity index (χ1v) is 7.11. The zero-order valence-corrected chi connectivity index (χ0v) is 12.8. The molecule has 0 radical (unpaired) electrons. The molecule has 1 amide bonds. The van der Waals surface area contributed by atoms with Gasteiger partial charge in [-0.3, -0.25) is 9.69 Å². The molecule has 1 saturated heterocycles. The Morgan fingerprint density at radius 3 is 2.59 bits per heavy atom. The van der Waals surface area contributed by atoms with E-state index in [2.05, 4.69) is 19.9 Å². The molecule has 0 unspecified atom stereocenters. The highest BCUT2D eigenvalue weighted by Crippen LogP contribution is 2.24. The molecule has 1 aromatic carbocycles. The largest absolute Gasteiger partial charge is 0.506 e. The fourth-order valence-corrected chi connectivity index (χ4v) is 2.28. The highest BCUT2D eigenvalue weighted by atomic mass is 16.5. The van der Waals surface area contributed by atoms with Crippen LogP contribution in [0.2, 0.25) is 0 Å². The van der Waals surface area contributed by atoms with Crippen LogP contribution in [0.1, 0.15) is 10.4 Å². The molecule has 2 rings (SSSR count). The maximum absolute atomic E-state index is 12.1. The minimum atomic E-state index is -0.519. The van der Waals surface area contributed by atoms with E-state index in [1.165, 1.54) is 25.3 Å². The smallest absolute Gasteiger partial charge is 0.337 e. The predicted molar refractivity (Wildman–Crippen MR) is 82.0 cm³/mol. The zero-order chi connectivity index (χ0) is 16.1. The second kappa shape index (κ2) is 7.24. The lowest BCUT2D eigenvalue weighted by atomic mass is 10.2. The summed E-state index contributed by atoms with van der Waals surface area (Å²) in [6, 6.07) is 4.21. The SMILES string of the molecule is COC(=O)c1ccc(O)c(NC(=O)CN2CCN(C)CC2)c1. The molecule has 1 aliphatic heterocycles. The molecule has 1 heterocycles. The number of carbonyl (C=O) groups is 2. The second-order valence-electron chi connectivity index (χ2n) is 5.35. The number of nitrogens with one attached hydrogen (secondary N) is 1. The molecule has 0 atom stereocenters. The Balaban J connectivity index is 1.97. The van der Waals surface area contributed by atoms with Crippen LogP contribution in [0.3, 0.4) is 0 Å². The summed E-state index contributed by atoms with van der Waals surface area (Å²) in [5.41, 5.74) is 0.484. The van der Waals surface area contributed by atoms with Gasteiger partial charge in [0.25, 0.3) is 0 Å². The summed E-state index contributed by atoms with van der Waals surface area (Å²) in [5.74, 6) is -0.823. The number of likely N-dealkylation sites (N-methyl/N-ethyl adjacent to an activating group) is 1. The Bertz CT molecular complexity index is 554. The molecule has 1 fully saturated rings. The van der Waals surface area contributed by atoms with Crippen LogP contribution in [-0.4, -0.2) is 73.7 Å². The van der Waals surface area contributed by atoms with Gasteiger partial charge in [0.15, 0.2) is 0 Å². The number of phenolic OH excluding ortho intramolecular Hbond substituents is 1. The Morgan fingerprint density at radius 1 is 1.27 bits per heavy atom. The Morgan fingerprint density at radius 2 is 1.95 bits per heavy atom. The van der Waals surface area contributed by atoms with E-state index in [1.54, 1.807) is 0 Å². The van der Waals surface area contributed by atoms with Crippen molar-refractivity contribution in [3.8, 4) is 5.75 Å². The van der Waals surface area contributed by atoms with E-state index in [4.69, 9.17) is 0 Å². The van der Waals surface area contributed by atoms with Crippen molar-refractivity contribution in [3.63, 3.8) is 0 Å². The van der Waals surface area contributed by atoms with E-state index in [0.717, 1.165) is 26.2 Å². The van der Waals surface area contributed by atoms with Crippen LogP contribution in [0.25, 0.3) is 0 Å². The van der Waals surface area contributed by atoms with E-state index >= 15 is 0 Å². The van der Waals surface area contributed by atoms with Gasteiger partial charge in [0, 0.05) is 26.2 Å². The number of benzene rings is 1. The van der Waals surface area contributed by atoms with Crippen LogP contribution < -0.4 is 5.32 Å². The number of hydrogen-bond donors (Lipinski definition) is 2. The number of rotatable bonds is 4. The molecule has 0 spiro atoms. The number of methoxy groups -OCH3 is 1. The number of carbonyl (C=O) groups excluding carboxylic acids is 2. The van der Waals surface area contributed by atoms with Gasteiger partial charge in [0.2, 0.25) is 5.91 Å². The fourth-order valence-electron chi connectivity index (χ4n) is 2.28. The summed E-state index contributed by atoms with van der Waals surface area (Å²) in [5, 5.41) is 12.4. The highest BCUT2D eigenvalue weighted by Gasteiger charge is 2.18. The third-order valence-corrected chi connectivity index (χ3v) is 3.65. The Labute approximate surface area is 129 Å². The number of nitrogens with zero attached hydrogens (tertiary/aromatic N) is 2. The van der Waals surface area contributed by atoms with Crippen molar-refractivity contribution < 1.29 is 19.4 Å². The van der Waals surface area contributed by atoms with Crippen molar-refractivity contribution in [1.29, 1.82) is 0 Å². The molecule has 1 aromatic rings. The molecule has 0 aliphatic carbocycles. The van der Waals surface area contributed by atoms with Gasteiger partial charge in [-0.15, -0.1) is 0 Å². The fraction of sp³-hybridized carbons (Fsp3) is 0.467. The molecule has 0 aromatic heterocycles. The van der Waals surface area contributed by atoms with Crippen LogP contribution in [0.15, 0.2) is 18.2 Å². The molecular formula is C15H21N3O4. The molecule has 2 N–H and O–H groups in total. The van der Waals surface area contributed by atoms with Crippen LogP contribution in [0.4, 0.5) is 5.69 Å². The number of anilines is 1. The van der Waals surface area contributed by atoms with E-state index in [9.17, 15) is 14.7 Å². The molecule has 1 aliphatic rings. The lowest BCUT2D eigenvalue weighted by Gasteiger charge is -2.31. The Kier molecular flexibility index (Phi) is 5.35.